The van der Waals surface area contributed by atoms with Gasteiger partial charge in [0.25, 0.3) is 0 Å². The fraction of sp³-hybridized carbons (Fsp3) is 0.182. The molecule has 0 atom stereocenters. The minimum atomic E-state index is -0.425. The molecule has 0 unspecified atom stereocenters. The van der Waals surface area contributed by atoms with Crippen LogP contribution in [0.1, 0.15) is 25.0 Å². The Kier molecular flexibility index (Phi) is 5.64. The Morgan fingerprint density at radius 3 is 2.27 bits per heavy atom. The van der Waals surface area contributed by atoms with E-state index in [0.717, 1.165) is 24.2 Å². The van der Waals surface area contributed by atoms with Crippen molar-refractivity contribution in [1.82, 2.24) is 0 Å². The van der Waals surface area contributed by atoms with Crippen molar-refractivity contribution < 1.29 is 9.53 Å². The lowest BCUT2D eigenvalue weighted by Crippen LogP contribution is -2.21. The van der Waals surface area contributed by atoms with Gasteiger partial charge >= 0.3 is 5.97 Å². The molecule has 0 fully saturated rings. The van der Waals surface area contributed by atoms with Crippen molar-refractivity contribution in [2.24, 2.45) is 4.99 Å². The predicted molar refractivity (Wildman–Crippen MR) is 107 cm³/mol. The zero-order chi connectivity index (χ0) is 18.4. The van der Waals surface area contributed by atoms with E-state index in [9.17, 15) is 4.79 Å². The number of rotatable bonds is 6. The number of anilines is 1. The van der Waals surface area contributed by atoms with Gasteiger partial charge in [-0.2, -0.15) is 0 Å². The molecule has 0 saturated heterocycles. The van der Waals surface area contributed by atoms with E-state index in [-0.39, 0.29) is 0 Å². The molecule has 0 radical (unpaired) electrons. The molecule has 4 nitrogen and oxygen atoms in total. The van der Waals surface area contributed by atoms with E-state index >= 15 is 0 Å². The Hall–Kier alpha value is -3.14. The van der Waals surface area contributed by atoms with E-state index in [1.165, 1.54) is 5.69 Å². The molecule has 132 valence electrons. The molecule has 0 N–H and O–H groups in total. The third-order valence-corrected chi connectivity index (χ3v) is 4.18. The van der Waals surface area contributed by atoms with Gasteiger partial charge in [-0.15, -0.1) is 0 Å². The lowest BCUT2D eigenvalue weighted by molar-refractivity contribution is -0.129. The second kappa shape index (κ2) is 8.30. The first kappa shape index (κ1) is 17.7. The summed E-state index contributed by atoms with van der Waals surface area (Å²) in [5.74, 6) is -0.115. The number of benzene rings is 2. The average molecular weight is 346 g/mol. The molecule has 1 aliphatic rings. The molecule has 2 aromatic carbocycles. The van der Waals surface area contributed by atoms with Crippen LogP contribution in [0.15, 0.2) is 71.4 Å². The predicted octanol–water partition coefficient (Wildman–Crippen LogP) is 4.54. The zero-order valence-electron chi connectivity index (χ0n) is 15.1. The highest BCUT2D eigenvalue weighted by Crippen LogP contribution is 2.20. The van der Waals surface area contributed by atoms with Crippen LogP contribution in [0.5, 0.6) is 0 Å². The van der Waals surface area contributed by atoms with Crippen LogP contribution in [0.25, 0.3) is 12.2 Å². The first-order valence-electron chi connectivity index (χ1n) is 8.80. The summed E-state index contributed by atoms with van der Waals surface area (Å²) in [5, 5.41) is 0. The van der Waals surface area contributed by atoms with Crippen molar-refractivity contribution in [2.75, 3.05) is 18.0 Å². The van der Waals surface area contributed by atoms with Gasteiger partial charge in [0.1, 0.15) is 0 Å². The van der Waals surface area contributed by atoms with Gasteiger partial charge < -0.3 is 9.64 Å². The minimum Gasteiger partial charge on any atom is -0.403 e. The molecule has 0 aliphatic carbocycles. The number of nitrogens with zero attached hydrogens (tertiary/aromatic N) is 2. The van der Waals surface area contributed by atoms with Crippen LogP contribution in [0.3, 0.4) is 0 Å². The van der Waals surface area contributed by atoms with Crippen molar-refractivity contribution in [1.29, 1.82) is 0 Å². The maximum Gasteiger partial charge on any atom is 0.363 e. The second-order valence-corrected chi connectivity index (χ2v) is 5.88. The Balaban J connectivity index is 1.75. The van der Waals surface area contributed by atoms with Gasteiger partial charge in [-0.05, 0) is 49.3 Å². The molecule has 0 amide bonds. The molecule has 4 heteroatoms. The third kappa shape index (κ3) is 4.28. The number of hydrogen-bond donors (Lipinski definition) is 0. The summed E-state index contributed by atoms with van der Waals surface area (Å²) in [6.45, 7) is 6.19. The van der Waals surface area contributed by atoms with Crippen LogP contribution in [0.4, 0.5) is 5.69 Å². The Morgan fingerprint density at radius 2 is 1.62 bits per heavy atom. The van der Waals surface area contributed by atoms with Gasteiger partial charge in [-0.1, -0.05) is 42.5 Å². The Morgan fingerprint density at radius 1 is 0.923 bits per heavy atom. The molecule has 1 aliphatic heterocycles. The first-order chi connectivity index (χ1) is 12.7. The quantitative estimate of drug-likeness (QED) is 0.569. The van der Waals surface area contributed by atoms with E-state index in [1.54, 1.807) is 12.2 Å². The fourth-order valence-electron chi connectivity index (χ4n) is 2.76. The molecule has 26 heavy (non-hydrogen) atoms. The van der Waals surface area contributed by atoms with Gasteiger partial charge in [0, 0.05) is 24.9 Å². The van der Waals surface area contributed by atoms with E-state index in [4.69, 9.17) is 4.74 Å². The number of cyclic esters (lactones) is 1. The van der Waals surface area contributed by atoms with Gasteiger partial charge in [-0.25, -0.2) is 9.79 Å². The second-order valence-electron chi connectivity index (χ2n) is 5.88. The summed E-state index contributed by atoms with van der Waals surface area (Å²) in [6, 6.07) is 17.9. The number of carbonyl (C=O) groups excluding carboxylic acids is 1. The number of carbonyl (C=O) groups is 1. The summed E-state index contributed by atoms with van der Waals surface area (Å²) < 4.78 is 5.21. The van der Waals surface area contributed by atoms with E-state index in [0.29, 0.717) is 11.6 Å². The highest BCUT2D eigenvalue weighted by molar-refractivity contribution is 6.11. The lowest BCUT2D eigenvalue weighted by atomic mass is 10.1. The Labute approximate surface area is 154 Å². The summed E-state index contributed by atoms with van der Waals surface area (Å²) in [6.07, 6.45) is 5.32. The molecule has 0 bridgehead atoms. The molecule has 0 spiro atoms. The topological polar surface area (TPSA) is 41.9 Å². The SMILES string of the molecule is CCN(CC)c1ccc(C=C2N=C(C=Cc3ccccc3)OC2=O)cc1. The summed E-state index contributed by atoms with van der Waals surface area (Å²) in [5.41, 5.74) is 3.43. The summed E-state index contributed by atoms with van der Waals surface area (Å²) >= 11 is 0. The zero-order valence-corrected chi connectivity index (χ0v) is 15.1. The van der Waals surface area contributed by atoms with Gasteiger partial charge in [0.05, 0.1) is 0 Å². The van der Waals surface area contributed by atoms with Crippen LogP contribution in [0, 0.1) is 0 Å². The highest BCUT2D eigenvalue weighted by atomic mass is 16.6. The first-order valence-corrected chi connectivity index (χ1v) is 8.80. The third-order valence-electron chi connectivity index (χ3n) is 4.18. The highest BCUT2D eigenvalue weighted by Gasteiger charge is 2.21. The molecule has 0 saturated carbocycles. The largest absolute Gasteiger partial charge is 0.403 e. The van der Waals surface area contributed by atoms with Crippen molar-refractivity contribution >= 4 is 29.7 Å². The van der Waals surface area contributed by atoms with Crippen molar-refractivity contribution in [3.05, 3.63) is 77.5 Å². The lowest BCUT2D eigenvalue weighted by Gasteiger charge is -2.20. The Bertz CT molecular complexity index is 845. The van der Waals surface area contributed by atoms with Crippen LogP contribution >= 0.6 is 0 Å². The van der Waals surface area contributed by atoms with Crippen LogP contribution in [-0.2, 0) is 9.53 Å². The smallest absolute Gasteiger partial charge is 0.363 e. The standard InChI is InChI=1S/C22H22N2O2/c1-3-24(4-2)19-13-10-18(11-14-19)16-20-22(25)26-21(23-20)15-12-17-8-6-5-7-9-17/h5-16H,3-4H2,1-2H3. The molecule has 2 aromatic rings. The number of hydrogen-bond acceptors (Lipinski definition) is 4. The van der Waals surface area contributed by atoms with Crippen molar-refractivity contribution in [2.45, 2.75) is 13.8 Å². The van der Waals surface area contributed by atoms with Crippen molar-refractivity contribution in [3.63, 3.8) is 0 Å². The van der Waals surface area contributed by atoms with E-state index < -0.39 is 5.97 Å². The van der Waals surface area contributed by atoms with Gasteiger partial charge in [0.15, 0.2) is 5.70 Å². The maximum atomic E-state index is 12.0. The molecule has 1 heterocycles. The van der Waals surface area contributed by atoms with Crippen molar-refractivity contribution in [3.8, 4) is 0 Å². The summed E-state index contributed by atoms with van der Waals surface area (Å²) in [4.78, 5) is 18.6. The minimum absolute atomic E-state index is 0.310. The normalized spacial score (nSPS) is 15.4. The fourth-order valence-corrected chi connectivity index (χ4v) is 2.76. The molecule has 3 rings (SSSR count). The van der Waals surface area contributed by atoms with Crippen LogP contribution < -0.4 is 4.90 Å². The molecular weight excluding hydrogens is 324 g/mol. The van der Waals surface area contributed by atoms with E-state index in [1.807, 2.05) is 48.5 Å². The van der Waals surface area contributed by atoms with Gasteiger partial charge in [-0.3, -0.25) is 0 Å². The number of aliphatic imine (C=N–C) groups is 1. The van der Waals surface area contributed by atoms with Crippen LogP contribution in [0.2, 0.25) is 0 Å². The molecule has 0 aromatic heterocycles. The number of ether oxygens (including phenoxy) is 1. The monoisotopic (exact) mass is 346 g/mol. The number of esters is 1. The summed E-state index contributed by atoms with van der Waals surface area (Å²) in [7, 11) is 0. The van der Waals surface area contributed by atoms with E-state index in [2.05, 4.69) is 35.9 Å². The maximum absolute atomic E-state index is 12.0. The average Bonchev–Trinajstić information content (AvgIpc) is 3.03. The molecular formula is C22H22N2O2. The van der Waals surface area contributed by atoms with Gasteiger partial charge in [0.2, 0.25) is 5.90 Å². The van der Waals surface area contributed by atoms with Crippen LogP contribution in [-0.4, -0.2) is 25.0 Å².